The Kier molecular flexibility index (Phi) is 8.77. The Bertz CT molecular complexity index is 1340. The third-order valence-corrected chi connectivity index (χ3v) is 4.45. The molecule has 3 aromatic rings. The number of carboxylic acids is 1. The average molecular weight is 502 g/mol. The van der Waals surface area contributed by atoms with E-state index in [4.69, 9.17) is 15.6 Å². The number of alkyl halides is 3. The Balaban J connectivity index is 0.000000540. The SMILES string of the molecule is CCn1cccc(-c2cccc(-n3cnn(CC(CN)=C(F)F)c3=O)n2)c1=O.O=C(O)C(F)(F)F. The first kappa shape index (κ1) is 27.1. The van der Waals surface area contributed by atoms with Crippen molar-refractivity contribution >= 4 is 5.97 Å². The quantitative estimate of drug-likeness (QED) is 0.492. The molecule has 35 heavy (non-hydrogen) atoms. The fourth-order valence-corrected chi connectivity index (χ4v) is 2.67. The van der Waals surface area contributed by atoms with Crippen molar-refractivity contribution in [1.29, 1.82) is 0 Å². The number of halogens is 5. The normalized spacial score (nSPS) is 10.9. The number of carbonyl (C=O) groups is 1. The number of pyridine rings is 2. The molecule has 0 radical (unpaired) electrons. The van der Waals surface area contributed by atoms with E-state index in [-0.39, 0.29) is 23.5 Å². The van der Waals surface area contributed by atoms with Crippen molar-refractivity contribution in [1.82, 2.24) is 23.9 Å². The number of hydrogen-bond donors (Lipinski definition) is 2. The molecule has 10 nitrogen and oxygen atoms in total. The first-order valence-corrected chi connectivity index (χ1v) is 9.75. The van der Waals surface area contributed by atoms with E-state index in [0.29, 0.717) is 17.8 Å². The van der Waals surface area contributed by atoms with E-state index in [1.165, 1.54) is 6.33 Å². The van der Waals surface area contributed by atoms with Crippen molar-refractivity contribution in [3.05, 3.63) is 75.3 Å². The van der Waals surface area contributed by atoms with Gasteiger partial charge in [0.2, 0.25) is 0 Å². The van der Waals surface area contributed by atoms with Crippen LogP contribution in [0.4, 0.5) is 22.0 Å². The predicted molar refractivity (Wildman–Crippen MR) is 113 cm³/mol. The zero-order valence-electron chi connectivity index (χ0n) is 18.0. The van der Waals surface area contributed by atoms with Gasteiger partial charge in [0, 0.05) is 24.9 Å². The number of rotatable bonds is 6. The van der Waals surface area contributed by atoms with Crippen LogP contribution in [0.2, 0.25) is 0 Å². The number of aryl methyl sites for hydroxylation is 1. The monoisotopic (exact) mass is 502 g/mol. The second-order valence-corrected chi connectivity index (χ2v) is 6.71. The average Bonchev–Trinajstić information content (AvgIpc) is 3.17. The third-order valence-electron chi connectivity index (χ3n) is 4.45. The van der Waals surface area contributed by atoms with Crippen molar-refractivity contribution in [3.63, 3.8) is 0 Å². The molecule has 3 heterocycles. The predicted octanol–water partition coefficient (Wildman–Crippen LogP) is 2.02. The summed E-state index contributed by atoms with van der Waals surface area (Å²) in [6.07, 6.45) is -4.15. The Hall–Kier alpha value is -4.14. The molecule has 3 rings (SSSR count). The third kappa shape index (κ3) is 6.69. The van der Waals surface area contributed by atoms with Crippen LogP contribution in [0.5, 0.6) is 0 Å². The van der Waals surface area contributed by atoms with Gasteiger partial charge in [-0.15, -0.1) is 0 Å². The Morgan fingerprint density at radius 2 is 1.80 bits per heavy atom. The molecule has 0 unspecified atom stereocenters. The molecule has 0 aliphatic carbocycles. The van der Waals surface area contributed by atoms with Gasteiger partial charge in [-0.1, -0.05) is 6.07 Å². The summed E-state index contributed by atoms with van der Waals surface area (Å²) in [5.41, 5.74) is 4.84. The minimum Gasteiger partial charge on any atom is -0.475 e. The van der Waals surface area contributed by atoms with Gasteiger partial charge in [-0.25, -0.2) is 23.8 Å². The van der Waals surface area contributed by atoms with Crippen molar-refractivity contribution in [2.45, 2.75) is 26.2 Å². The fraction of sp³-hybridized carbons (Fsp3) is 0.250. The van der Waals surface area contributed by atoms with E-state index in [9.17, 15) is 31.5 Å². The molecule has 15 heteroatoms. The number of nitrogens with zero attached hydrogens (tertiary/aromatic N) is 5. The van der Waals surface area contributed by atoms with Crippen LogP contribution >= 0.6 is 0 Å². The molecule has 0 atom stereocenters. The molecule has 3 N–H and O–H groups in total. The number of nitrogens with two attached hydrogens (primary N) is 1. The highest BCUT2D eigenvalue weighted by molar-refractivity contribution is 5.73. The zero-order valence-corrected chi connectivity index (χ0v) is 18.0. The van der Waals surface area contributed by atoms with E-state index in [0.717, 1.165) is 9.25 Å². The molecule has 3 aromatic heterocycles. The molecule has 0 aliphatic rings. The van der Waals surface area contributed by atoms with Gasteiger partial charge in [-0.3, -0.25) is 4.79 Å². The van der Waals surface area contributed by atoms with Gasteiger partial charge < -0.3 is 15.4 Å². The minimum atomic E-state index is -5.08. The standard InChI is InChI=1S/C18H18F2N6O2.C2HF3O2/c1-2-24-8-4-5-13(17(24)27)14-6-3-7-15(23-14)25-11-22-26(18(25)28)10-12(9-21)16(19)20;3-2(4,5)1(6)7/h3-8,11H,2,9-10,21H2,1H3;(H,6,7). The number of carboxylic acid groups (broad SMARTS) is 1. The van der Waals surface area contributed by atoms with Gasteiger partial charge in [0.1, 0.15) is 12.1 Å². The lowest BCUT2D eigenvalue weighted by Crippen LogP contribution is -2.26. The maximum atomic E-state index is 12.8. The van der Waals surface area contributed by atoms with Crippen molar-refractivity contribution < 1.29 is 31.9 Å². The number of aliphatic carboxylic acids is 1. The highest BCUT2D eigenvalue weighted by Gasteiger charge is 2.38. The molecule has 0 saturated carbocycles. The van der Waals surface area contributed by atoms with Crippen LogP contribution in [-0.2, 0) is 17.9 Å². The molecule has 0 spiro atoms. The maximum Gasteiger partial charge on any atom is 0.490 e. The van der Waals surface area contributed by atoms with Crippen LogP contribution in [0, 0.1) is 0 Å². The summed E-state index contributed by atoms with van der Waals surface area (Å²) >= 11 is 0. The smallest absolute Gasteiger partial charge is 0.475 e. The van der Waals surface area contributed by atoms with Crippen LogP contribution in [0.15, 0.2) is 64.1 Å². The van der Waals surface area contributed by atoms with Gasteiger partial charge in [0.15, 0.2) is 0 Å². The second kappa shape index (κ2) is 11.3. The summed E-state index contributed by atoms with van der Waals surface area (Å²) in [6, 6.07) is 8.26. The van der Waals surface area contributed by atoms with E-state index >= 15 is 0 Å². The van der Waals surface area contributed by atoms with Crippen molar-refractivity contribution in [3.8, 4) is 17.1 Å². The van der Waals surface area contributed by atoms with Crippen LogP contribution in [0.3, 0.4) is 0 Å². The molecule has 0 bridgehead atoms. The summed E-state index contributed by atoms with van der Waals surface area (Å²) in [6.45, 7) is 1.57. The molecule has 188 valence electrons. The summed E-state index contributed by atoms with van der Waals surface area (Å²) < 4.78 is 60.9. The van der Waals surface area contributed by atoms with E-state index in [1.807, 2.05) is 6.92 Å². The largest absolute Gasteiger partial charge is 0.490 e. The highest BCUT2D eigenvalue weighted by Crippen LogP contribution is 2.15. The first-order valence-electron chi connectivity index (χ1n) is 9.75. The minimum absolute atomic E-state index is 0.200. The van der Waals surface area contributed by atoms with Crippen LogP contribution < -0.4 is 17.0 Å². The molecule has 0 aliphatic heterocycles. The molecule has 0 amide bonds. The lowest BCUT2D eigenvalue weighted by atomic mass is 10.2. The van der Waals surface area contributed by atoms with Crippen molar-refractivity contribution in [2.24, 2.45) is 5.73 Å². The van der Waals surface area contributed by atoms with Crippen LogP contribution in [0.25, 0.3) is 17.1 Å². The Labute approximate surface area is 193 Å². The van der Waals surface area contributed by atoms with Gasteiger partial charge >= 0.3 is 17.8 Å². The molecule has 0 fully saturated rings. The first-order chi connectivity index (χ1) is 16.4. The van der Waals surface area contributed by atoms with Gasteiger partial charge in [-0.2, -0.15) is 27.1 Å². The Morgan fingerprint density at radius 3 is 2.34 bits per heavy atom. The summed E-state index contributed by atoms with van der Waals surface area (Å²) in [7, 11) is 0. The highest BCUT2D eigenvalue weighted by atomic mass is 19.4. The molecule has 0 saturated heterocycles. The van der Waals surface area contributed by atoms with E-state index in [1.54, 1.807) is 41.1 Å². The summed E-state index contributed by atoms with van der Waals surface area (Å²) in [5, 5.41) is 11.0. The lowest BCUT2D eigenvalue weighted by molar-refractivity contribution is -0.192. The molecular formula is C20H19F5N6O4. The lowest BCUT2D eigenvalue weighted by Gasteiger charge is -2.07. The van der Waals surface area contributed by atoms with E-state index in [2.05, 4.69) is 10.1 Å². The van der Waals surface area contributed by atoms with Gasteiger partial charge in [0.05, 0.1) is 17.8 Å². The van der Waals surface area contributed by atoms with Crippen molar-refractivity contribution in [2.75, 3.05) is 6.54 Å². The topological polar surface area (TPSA) is 138 Å². The van der Waals surface area contributed by atoms with Crippen LogP contribution in [-0.4, -0.2) is 47.7 Å². The van der Waals surface area contributed by atoms with Crippen LogP contribution in [0.1, 0.15) is 6.92 Å². The fourth-order valence-electron chi connectivity index (χ4n) is 2.67. The van der Waals surface area contributed by atoms with E-state index < -0.39 is 30.5 Å². The van der Waals surface area contributed by atoms with Gasteiger partial charge in [-0.05, 0) is 31.2 Å². The summed E-state index contributed by atoms with van der Waals surface area (Å²) in [4.78, 5) is 38.3. The molecular weight excluding hydrogens is 483 g/mol. The second-order valence-electron chi connectivity index (χ2n) is 6.71. The maximum absolute atomic E-state index is 12.8. The van der Waals surface area contributed by atoms with Gasteiger partial charge in [0.25, 0.3) is 11.6 Å². The number of hydrogen-bond acceptors (Lipinski definition) is 6. The summed E-state index contributed by atoms with van der Waals surface area (Å²) in [5.74, 6) is -2.54. The molecule has 0 aromatic carbocycles. The number of aromatic nitrogens is 5. The zero-order chi connectivity index (χ0) is 26.3. The Morgan fingerprint density at radius 1 is 1.14 bits per heavy atom.